The van der Waals surface area contributed by atoms with Gasteiger partial charge in [-0.25, -0.2) is 13.9 Å². The topological polar surface area (TPSA) is 64.4 Å². The Bertz CT molecular complexity index is 874. The molecule has 0 radical (unpaired) electrons. The Morgan fingerprint density at radius 3 is 2.46 bits per heavy atom. The zero-order chi connectivity index (χ0) is 20.4. The van der Waals surface area contributed by atoms with Crippen LogP contribution in [0.2, 0.25) is 5.15 Å². The number of hydrogen-bond donors (Lipinski definition) is 0. The molecule has 2 aromatic rings. The highest BCUT2D eigenvalue weighted by Gasteiger charge is 2.29. The van der Waals surface area contributed by atoms with E-state index in [9.17, 15) is 14.0 Å². The van der Waals surface area contributed by atoms with Crippen LogP contribution in [0.1, 0.15) is 42.7 Å². The number of nitrogens with zero attached hydrogens (tertiary/aromatic N) is 3. The summed E-state index contributed by atoms with van der Waals surface area (Å²) in [7, 11) is 0. The molecule has 8 heteroatoms. The van der Waals surface area contributed by atoms with Gasteiger partial charge >= 0.3 is 5.97 Å². The van der Waals surface area contributed by atoms with E-state index in [1.165, 1.54) is 28.9 Å². The Balaban J connectivity index is 1.73. The number of ether oxygens (including phenoxy) is 1. The van der Waals surface area contributed by atoms with Crippen molar-refractivity contribution in [3.63, 3.8) is 0 Å². The molecule has 1 amide bonds. The van der Waals surface area contributed by atoms with Crippen LogP contribution in [-0.2, 0) is 9.53 Å². The van der Waals surface area contributed by atoms with E-state index in [4.69, 9.17) is 16.3 Å². The number of amides is 1. The Hall–Kier alpha value is -2.41. The van der Waals surface area contributed by atoms with Crippen LogP contribution < -0.4 is 0 Å². The number of rotatable bonds is 4. The number of carbonyl (C=O) groups is 2. The first kappa shape index (κ1) is 20.3. The van der Waals surface area contributed by atoms with Crippen LogP contribution in [-0.4, -0.2) is 45.8 Å². The zero-order valence-electron chi connectivity index (χ0n) is 16.1. The number of halogens is 2. The molecule has 1 aliphatic heterocycles. The second-order valence-electron chi connectivity index (χ2n) is 7.19. The summed E-state index contributed by atoms with van der Waals surface area (Å²) < 4.78 is 19.9. The quantitative estimate of drug-likeness (QED) is 0.723. The largest absolute Gasteiger partial charge is 0.449 e. The molecular weight excluding hydrogens is 385 g/mol. The number of carbonyl (C=O) groups excluding carboxylic acids is 2. The van der Waals surface area contributed by atoms with Crippen molar-refractivity contribution >= 4 is 23.5 Å². The van der Waals surface area contributed by atoms with Gasteiger partial charge in [0, 0.05) is 13.1 Å². The van der Waals surface area contributed by atoms with Crippen LogP contribution in [0.5, 0.6) is 0 Å². The fourth-order valence-corrected chi connectivity index (χ4v) is 3.59. The van der Waals surface area contributed by atoms with E-state index in [0.29, 0.717) is 30.4 Å². The van der Waals surface area contributed by atoms with E-state index in [0.717, 1.165) is 12.8 Å². The molecule has 0 aliphatic carbocycles. The molecule has 2 heterocycles. The van der Waals surface area contributed by atoms with Gasteiger partial charge in [0.15, 0.2) is 6.10 Å². The van der Waals surface area contributed by atoms with E-state index in [1.807, 2.05) is 0 Å². The highest BCUT2D eigenvalue weighted by Crippen LogP contribution is 2.25. The van der Waals surface area contributed by atoms with Crippen LogP contribution in [0.25, 0.3) is 5.69 Å². The summed E-state index contributed by atoms with van der Waals surface area (Å²) in [6, 6.07) is 5.57. The van der Waals surface area contributed by atoms with Crippen molar-refractivity contribution < 1.29 is 18.7 Å². The lowest BCUT2D eigenvalue weighted by molar-refractivity contribution is -0.141. The molecule has 0 saturated carbocycles. The van der Waals surface area contributed by atoms with E-state index in [-0.39, 0.29) is 22.4 Å². The maximum Gasteiger partial charge on any atom is 0.344 e. The first-order valence-electron chi connectivity index (χ1n) is 9.28. The number of aromatic nitrogens is 2. The normalized spacial score (nSPS) is 16.1. The van der Waals surface area contributed by atoms with Gasteiger partial charge in [-0.15, -0.1) is 0 Å². The molecular formula is C20H23ClFN3O3. The van der Waals surface area contributed by atoms with Gasteiger partial charge in [0.05, 0.1) is 11.4 Å². The van der Waals surface area contributed by atoms with Crippen LogP contribution in [0.3, 0.4) is 0 Å². The van der Waals surface area contributed by atoms with Gasteiger partial charge in [0.2, 0.25) is 0 Å². The van der Waals surface area contributed by atoms with Gasteiger partial charge in [-0.3, -0.25) is 4.79 Å². The molecule has 0 spiro atoms. The van der Waals surface area contributed by atoms with Crippen LogP contribution in [0.15, 0.2) is 24.3 Å². The second kappa shape index (κ2) is 8.31. The minimum atomic E-state index is -0.912. The van der Waals surface area contributed by atoms with Crippen molar-refractivity contribution in [3.05, 3.63) is 46.5 Å². The van der Waals surface area contributed by atoms with Crippen molar-refractivity contribution in [2.45, 2.75) is 39.7 Å². The third kappa shape index (κ3) is 4.19. The predicted molar refractivity (Wildman–Crippen MR) is 103 cm³/mol. The van der Waals surface area contributed by atoms with E-state index in [2.05, 4.69) is 12.0 Å². The minimum Gasteiger partial charge on any atom is -0.449 e. The molecule has 1 fully saturated rings. The lowest BCUT2D eigenvalue weighted by Crippen LogP contribution is -2.44. The van der Waals surface area contributed by atoms with E-state index in [1.54, 1.807) is 18.7 Å². The summed E-state index contributed by atoms with van der Waals surface area (Å²) >= 11 is 6.34. The van der Waals surface area contributed by atoms with Crippen LogP contribution in [0, 0.1) is 18.7 Å². The number of aryl methyl sites for hydroxylation is 1. The first-order chi connectivity index (χ1) is 13.3. The molecule has 3 rings (SSSR count). The average Bonchev–Trinajstić information content (AvgIpc) is 2.96. The monoisotopic (exact) mass is 407 g/mol. The van der Waals surface area contributed by atoms with E-state index < -0.39 is 12.1 Å². The molecule has 1 aliphatic rings. The molecule has 6 nitrogen and oxygen atoms in total. The summed E-state index contributed by atoms with van der Waals surface area (Å²) in [5.41, 5.74) is 0.976. The number of piperidine rings is 1. The summed E-state index contributed by atoms with van der Waals surface area (Å²) in [4.78, 5) is 26.9. The van der Waals surface area contributed by atoms with Crippen LogP contribution in [0.4, 0.5) is 4.39 Å². The molecule has 1 atom stereocenters. The number of likely N-dealkylation sites (tertiary alicyclic amines) is 1. The summed E-state index contributed by atoms with van der Waals surface area (Å²) in [6.45, 7) is 6.69. The summed E-state index contributed by atoms with van der Waals surface area (Å²) in [5, 5.41) is 4.30. The number of benzene rings is 1. The van der Waals surface area contributed by atoms with Gasteiger partial charge in [-0.05, 0) is 56.9 Å². The molecule has 28 heavy (non-hydrogen) atoms. The standard InChI is InChI=1S/C20H23ClFN3O3/c1-12-8-10-24(11-9-12)19(26)14(3)28-20(27)17-13(2)23-25(18(17)21)16-6-4-15(22)5-7-16/h4-7,12,14H,8-11H2,1-3H3. The van der Waals surface area contributed by atoms with Gasteiger partial charge in [0.1, 0.15) is 16.5 Å². The van der Waals surface area contributed by atoms with Gasteiger partial charge in [-0.2, -0.15) is 5.10 Å². The van der Waals surface area contributed by atoms with Crippen molar-refractivity contribution in [1.29, 1.82) is 0 Å². The minimum absolute atomic E-state index is 0.0561. The maximum absolute atomic E-state index is 13.1. The van der Waals surface area contributed by atoms with Crippen LogP contribution >= 0.6 is 11.6 Å². The smallest absolute Gasteiger partial charge is 0.344 e. The van der Waals surface area contributed by atoms with E-state index >= 15 is 0 Å². The SMILES string of the molecule is Cc1nn(-c2ccc(F)cc2)c(Cl)c1C(=O)OC(C)C(=O)N1CCC(C)CC1. The third-order valence-electron chi connectivity index (χ3n) is 5.01. The molecule has 0 N–H and O–H groups in total. The molecule has 150 valence electrons. The summed E-state index contributed by atoms with van der Waals surface area (Å²) in [5.74, 6) is -0.703. The summed E-state index contributed by atoms with van der Waals surface area (Å²) in [6.07, 6.45) is 0.981. The lowest BCUT2D eigenvalue weighted by Gasteiger charge is -2.31. The molecule has 1 aromatic carbocycles. The maximum atomic E-state index is 13.1. The molecule has 0 bridgehead atoms. The van der Waals surface area contributed by atoms with Gasteiger partial charge in [-0.1, -0.05) is 18.5 Å². The lowest BCUT2D eigenvalue weighted by atomic mass is 9.99. The van der Waals surface area contributed by atoms with Crippen molar-refractivity contribution in [2.75, 3.05) is 13.1 Å². The first-order valence-corrected chi connectivity index (χ1v) is 9.66. The highest BCUT2D eigenvalue weighted by molar-refractivity contribution is 6.33. The van der Waals surface area contributed by atoms with Crippen molar-refractivity contribution in [1.82, 2.24) is 14.7 Å². The van der Waals surface area contributed by atoms with Crippen molar-refractivity contribution in [3.8, 4) is 5.69 Å². The van der Waals surface area contributed by atoms with Crippen molar-refractivity contribution in [2.24, 2.45) is 5.92 Å². The second-order valence-corrected chi connectivity index (χ2v) is 7.55. The average molecular weight is 408 g/mol. The predicted octanol–water partition coefficient (Wildman–Crippen LogP) is 3.78. The Labute approximate surface area is 168 Å². The zero-order valence-corrected chi connectivity index (χ0v) is 16.9. The highest BCUT2D eigenvalue weighted by atomic mass is 35.5. The third-order valence-corrected chi connectivity index (χ3v) is 5.36. The molecule has 1 unspecified atom stereocenters. The number of esters is 1. The Morgan fingerprint density at radius 1 is 1.25 bits per heavy atom. The van der Waals surface area contributed by atoms with Gasteiger partial charge in [0.25, 0.3) is 5.91 Å². The number of hydrogen-bond acceptors (Lipinski definition) is 4. The molecule has 1 aromatic heterocycles. The fraction of sp³-hybridized carbons (Fsp3) is 0.450. The fourth-order valence-electron chi connectivity index (χ4n) is 3.24. The van der Waals surface area contributed by atoms with Gasteiger partial charge < -0.3 is 9.64 Å². The Kier molecular flexibility index (Phi) is 6.03. The Morgan fingerprint density at radius 2 is 1.86 bits per heavy atom. The molecule has 1 saturated heterocycles.